The quantitative estimate of drug-likeness (QED) is 0.279. The van der Waals surface area contributed by atoms with Crippen LogP contribution in [0.2, 0.25) is 0 Å². The molecule has 3 amide bonds. The van der Waals surface area contributed by atoms with E-state index in [2.05, 4.69) is 20.1 Å². The fraction of sp³-hybridized carbons (Fsp3) is 0.581. The molecule has 0 saturated carbocycles. The molecule has 0 aliphatic carbocycles. The van der Waals surface area contributed by atoms with Crippen LogP contribution in [0.4, 0.5) is 0 Å². The third-order valence-electron chi connectivity index (χ3n) is 8.57. The third kappa shape index (κ3) is 5.42. The first-order valence-electron chi connectivity index (χ1n) is 14.3. The van der Waals surface area contributed by atoms with E-state index >= 15 is 0 Å². The molecule has 1 aromatic rings. The van der Waals surface area contributed by atoms with Gasteiger partial charge < -0.3 is 19.8 Å². The van der Waals surface area contributed by atoms with Crippen LogP contribution in [0.15, 0.2) is 55.6 Å². The number of nitrogens with zero attached hydrogens (tertiary/aromatic N) is 3. The molecule has 3 heterocycles. The van der Waals surface area contributed by atoms with Crippen molar-refractivity contribution in [2.24, 2.45) is 11.8 Å². The number of hydrogen-bond donors (Lipinski definition) is 1. The predicted octanol–water partition coefficient (Wildman–Crippen LogP) is 3.88. The van der Waals surface area contributed by atoms with E-state index in [4.69, 9.17) is 0 Å². The van der Waals surface area contributed by atoms with Crippen molar-refractivity contribution in [2.75, 3.05) is 26.2 Å². The van der Waals surface area contributed by atoms with Gasteiger partial charge in [-0.3, -0.25) is 14.4 Å². The van der Waals surface area contributed by atoms with Crippen LogP contribution in [0.5, 0.6) is 0 Å². The van der Waals surface area contributed by atoms with Gasteiger partial charge in [-0.25, -0.2) is 0 Å². The topological polar surface area (TPSA) is 81.2 Å². The second-order valence-electron chi connectivity index (χ2n) is 11.1. The largest absolute Gasteiger partial charge is 0.394 e. The molecule has 7 nitrogen and oxygen atoms in total. The van der Waals surface area contributed by atoms with Gasteiger partial charge in [0, 0.05) is 31.4 Å². The molecular weight excluding hydrogens is 510 g/mol. The molecule has 6 atom stereocenters. The van der Waals surface area contributed by atoms with E-state index in [1.807, 2.05) is 35.2 Å². The first kappa shape index (κ1) is 29.4. The van der Waals surface area contributed by atoms with Crippen molar-refractivity contribution in [3.63, 3.8) is 0 Å². The van der Waals surface area contributed by atoms with E-state index in [1.54, 1.807) is 40.6 Å². The Morgan fingerprint density at radius 1 is 1.15 bits per heavy atom. The Balaban J connectivity index is 1.68. The molecule has 1 N–H and O–H groups in total. The molecule has 3 saturated heterocycles. The molecule has 3 aliphatic rings. The van der Waals surface area contributed by atoms with Gasteiger partial charge in [-0.05, 0) is 31.7 Å². The second kappa shape index (κ2) is 12.7. The number of hydrogen-bond acceptors (Lipinski definition) is 5. The fourth-order valence-corrected chi connectivity index (χ4v) is 8.98. The summed E-state index contributed by atoms with van der Waals surface area (Å²) in [5.74, 6) is -1.39. The number of amides is 3. The summed E-state index contributed by atoms with van der Waals surface area (Å²) >= 11 is 1.67. The molecular formula is C31H43N3O4S. The molecule has 1 spiro atoms. The van der Waals surface area contributed by atoms with Gasteiger partial charge in [0.05, 0.1) is 29.2 Å². The number of carbonyl (C=O) groups is 3. The van der Waals surface area contributed by atoms with Gasteiger partial charge in [-0.15, -0.1) is 24.9 Å². The van der Waals surface area contributed by atoms with Gasteiger partial charge in [0.1, 0.15) is 6.04 Å². The van der Waals surface area contributed by atoms with Crippen molar-refractivity contribution in [2.45, 2.75) is 74.6 Å². The summed E-state index contributed by atoms with van der Waals surface area (Å²) in [5, 5.41) is 10.1. The lowest BCUT2D eigenvalue weighted by atomic mass is 9.70. The summed E-state index contributed by atoms with van der Waals surface area (Å²) in [6, 6.07) is 8.62. The van der Waals surface area contributed by atoms with Crippen LogP contribution in [-0.2, 0) is 20.9 Å². The van der Waals surface area contributed by atoms with Gasteiger partial charge in [-0.2, -0.15) is 0 Å². The third-order valence-corrected chi connectivity index (χ3v) is 10.5. The molecule has 212 valence electrons. The van der Waals surface area contributed by atoms with Gasteiger partial charge in [0.25, 0.3) is 0 Å². The smallest absolute Gasteiger partial charge is 0.247 e. The van der Waals surface area contributed by atoms with Gasteiger partial charge >= 0.3 is 0 Å². The Hall–Kier alpha value is -2.58. The number of aliphatic hydroxyl groups is 1. The van der Waals surface area contributed by atoms with Crippen LogP contribution in [0.1, 0.15) is 51.5 Å². The Labute approximate surface area is 237 Å². The molecule has 8 heteroatoms. The molecule has 39 heavy (non-hydrogen) atoms. The lowest BCUT2D eigenvalue weighted by Gasteiger charge is -2.39. The van der Waals surface area contributed by atoms with Crippen LogP contribution >= 0.6 is 11.8 Å². The highest BCUT2D eigenvalue weighted by atomic mass is 32.2. The lowest BCUT2D eigenvalue weighted by molar-refractivity contribution is -0.146. The van der Waals surface area contributed by atoms with E-state index in [0.717, 1.165) is 31.2 Å². The van der Waals surface area contributed by atoms with Crippen molar-refractivity contribution >= 4 is 29.5 Å². The monoisotopic (exact) mass is 553 g/mol. The SMILES string of the molecule is C=CCN(CCCCC)C(=O)C1N([C@H](C)CO)C(=O)[C@@H]2[C@@H](C(=O)N(CC=C)Cc3ccccc3)[C@H]3CCC12S3. The number of unbranched alkanes of at least 4 members (excludes halogenated alkanes) is 2. The maximum atomic E-state index is 14.3. The Kier molecular flexibility index (Phi) is 9.60. The van der Waals surface area contributed by atoms with Crippen LogP contribution in [0, 0.1) is 11.8 Å². The number of rotatable bonds is 14. The Bertz CT molecular complexity index is 1070. The van der Waals surface area contributed by atoms with Crippen LogP contribution in [-0.4, -0.2) is 85.8 Å². The summed E-state index contributed by atoms with van der Waals surface area (Å²) in [6.07, 6.45) is 7.91. The number of benzene rings is 1. The number of aliphatic hydroxyl groups excluding tert-OH is 1. The highest BCUT2D eigenvalue weighted by molar-refractivity contribution is 8.02. The van der Waals surface area contributed by atoms with E-state index in [-0.39, 0.29) is 29.6 Å². The van der Waals surface area contributed by atoms with E-state index in [0.29, 0.717) is 32.6 Å². The normalized spacial score (nSPS) is 27.8. The molecule has 3 aliphatic heterocycles. The first-order valence-corrected chi connectivity index (χ1v) is 15.2. The highest BCUT2D eigenvalue weighted by Crippen LogP contribution is 2.67. The summed E-state index contributed by atoms with van der Waals surface area (Å²) in [6.45, 7) is 13.3. The van der Waals surface area contributed by atoms with Gasteiger partial charge in [0.15, 0.2) is 0 Å². The second-order valence-corrected chi connectivity index (χ2v) is 12.7. The van der Waals surface area contributed by atoms with Crippen molar-refractivity contribution in [3.05, 3.63) is 61.2 Å². The zero-order valence-electron chi connectivity index (χ0n) is 23.3. The number of fused-ring (bicyclic) bond motifs is 1. The van der Waals surface area contributed by atoms with Crippen molar-refractivity contribution in [3.8, 4) is 0 Å². The first-order chi connectivity index (χ1) is 18.8. The standard InChI is InChI=1S/C31H43N3O4S/c1-5-8-12-19-32(17-6-2)30(38)27-31-16-15-24(39-31)25(26(31)29(37)34(27)22(4)21-35)28(36)33(18-7-3)20-23-13-10-9-11-14-23/h6-7,9-11,13-14,22,24-27,35H,2-3,5,8,12,15-21H2,1,4H3/t22-,24-,25+,26+,27?,31?/m1/s1. The van der Waals surface area contributed by atoms with Crippen LogP contribution in [0.25, 0.3) is 0 Å². The van der Waals surface area contributed by atoms with Gasteiger partial charge in [0.2, 0.25) is 17.7 Å². The summed E-state index contributed by atoms with van der Waals surface area (Å²) in [7, 11) is 0. The summed E-state index contributed by atoms with van der Waals surface area (Å²) in [5.41, 5.74) is 1.02. The van der Waals surface area contributed by atoms with E-state index in [1.165, 1.54) is 0 Å². The highest BCUT2D eigenvalue weighted by Gasteiger charge is 2.74. The molecule has 0 radical (unpaired) electrons. The average Bonchev–Trinajstić information content (AvgIpc) is 3.59. The number of thioether (sulfide) groups is 1. The number of likely N-dealkylation sites (tertiary alicyclic amines) is 1. The minimum atomic E-state index is -0.700. The molecule has 1 aromatic carbocycles. The fourth-order valence-electron chi connectivity index (χ4n) is 6.79. The van der Waals surface area contributed by atoms with E-state index < -0.39 is 28.7 Å². The molecule has 3 fully saturated rings. The maximum absolute atomic E-state index is 14.3. The van der Waals surface area contributed by atoms with Crippen molar-refractivity contribution in [1.82, 2.24) is 14.7 Å². The summed E-state index contributed by atoms with van der Waals surface area (Å²) < 4.78 is -0.667. The van der Waals surface area contributed by atoms with Gasteiger partial charge in [-0.1, -0.05) is 62.2 Å². The molecule has 0 aromatic heterocycles. The molecule has 2 unspecified atom stereocenters. The van der Waals surface area contributed by atoms with Crippen molar-refractivity contribution in [1.29, 1.82) is 0 Å². The van der Waals surface area contributed by atoms with E-state index in [9.17, 15) is 19.5 Å². The average molecular weight is 554 g/mol. The minimum Gasteiger partial charge on any atom is -0.394 e. The Morgan fingerprint density at radius 3 is 2.49 bits per heavy atom. The summed E-state index contributed by atoms with van der Waals surface area (Å²) in [4.78, 5) is 47.9. The predicted molar refractivity (Wildman–Crippen MR) is 156 cm³/mol. The zero-order chi connectivity index (χ0) is 28.2. The lowest BCUT2D eigenvalue weighted by Crippen LogP contribution is -2.57. The van der Waals surface area contributed by atoms with Crippen molar-refractivity contribution < 1.29 is 19.5 Å². The van der Waals surface area contributed by atoms with Crippen LogP contribution < -0.4 is 0 Å². The number of carbonyl (C=O) groups excluding carboxylic acids is 3. The zero-order valence-corrected chi connectivity index (χ0v) is 24.2. The minimum absolute atomic E-state index is 0.00985. The molecule has 2 bridgehead atoms. The Morgan fingerprint density at radius 2 is 1.85 bits per heavy atom. The van der Waals surface area contributed by atoms with Crippen LogP contribution in [0.3, 0.4) is 0 Å². The molecule has 4 rings (SSSR count). The maximum Gasteiger partial charge on any atom is 0.247 e.